The molecule has 3 N–H and O–H groups in total. The van der Waals surface area contributed by atoms with Crippen molar-refractivity contribution in [1.29, 1.82) is 0 Å². The molecule has 0 amide bonds. The highest BCUT2D eigenvalue weighted by Gasteiger charge is 1.99. The van der Waals surface area contributed by atoms with E-state index in [2.05, 4.69) is 0 Å². The molecule has 0 saturated heterocycles. The predicted molar refractivity (Wildman–Crippen MR) is 86.9 cm³/mol. The van der Waals surface area contributed by atoms with Crippen LogP contribution < -0.4 is 0 Å². The lowest BCUT2D eigenvalue weighted by Crippen LogP contribution is -2.01. The second-order valence-electron chi connectivity index (χ2n) is 3.86. The molecule has 0 heterocycles. The summed E-state index contributed by atoms with van der Waals surface area (Å²) >= 11 is 0. The summed E-state index contributed by atoms with van der Waals surface area (Å²) in [4.78, 5) is 0. The maximum absolute atomic E-state index is 9.79. The molecule has 0 aliphatic rings. The largest absolute Gasteiger partial charge is 0.286 e. The van der Waals surface area contributed by atoms with Crippen molar-refractivity contribution in [1.82, 2.24) is 0 Å². The molecule has 0 fully saturated rings. The van der Waals surface area contributed by atoms with Crippen molar-refractivity contribution in [2.45, 2.75) is 47.5 Å². The zero-order valence-corrected chi connectivity index (χ0v) is 14.7. The Labute approximate surface area is 134 Å². The summed E-state index contributed by atoms with van der Waals surface area (Å²) in [6, 6.07) is 0. The highest BCUT2D eigenvalue weighted by Crippen LogP contribution is 1.84. The van der Waals surface area contributed by atoms with E-state index in [-0.39, 0.29) is 24.7 Å². The standard InChI is InChI=1S/3C3H8O3S.CH4/c3*1-2-3-7(4,5)6;/h3*2-3H2,1H3,(H,4,5,6);1H4. The lowest BCUT2D eigenvalue weighted by Gasteiger charge is -1.86. The first-order valence-electron chi connectivity index (χ1n) is 6.04. The quantitative estimate of drug-likeness (QED) is 0.572. The Morgan fingerprint density at radius 2 is 0.682 bits per heavy atom. The molecule has 0 rings (SSSR count). The third-order valence-corrected chi connectivity index (χ3v) is 4.16. The number of rotatable bonds is 6. The molecular formula is C10H28O9S3. The lowest BCUT2D eigenvalue weighted by molar-refractivity contribution is 0.480. The first kappa shape index (κ1) is 29.7. The SMILES string of the molecule is C.CCCS(=O)(=O)O.CCCS(=O)(=O)O.CCCS(=O)(=O)O. The van der Waals surface area contributed by atoms with Gasteiger partial charge in [0.05, 0.1) is 17.3 Å². The molecule has 22 heavy (non-hydrogen) atoms. The monoisotopic (exact) mass is 388 g/mol. The van der Waals surface area contributed by atoms with Crippen LogP contribution in [0.2, 0.25) is 0 Å². The van der Waals surface area contributed by atoms with E-state index in [0.29, 0.717) is 19.3 Å². The molecule has 0 spiro atoms. The molecule has 9 nitrogen and oxygen atoms in total. The van der Waals surface area contributed by atoms with E-state index in [4.69, 9.17) is 13.7 Å². The minimum absolute atomic E-state index is 0. The van der Waals surface area contributed by atoms with Gasteiger partial charge < -0.3 is 0 Å². The van der Waals surface area contributed by atoms with Crippen molar-refractivity contribution in [2.24, 2.45) is 0 Å². The van der Waals surface area contributed by atoms with Crippen molar-refractivity contribution >= 4 is 30.4 Å². The van der Waals surface area contributed by atoms with Crippen LogP contribution in [0.15, 0.2) is 0 Å². The topological polar surface area (TPSA) is 163 Å². The van der Waals surface area contributed by atoms with E-state index in [1.807, 2.05) is 0 Å². The zero-order valence-electron chi connectivity index (χ0n) is 12.3. The fourth-order valence-corrected chi connectivity index (χ4v) is 2.32. The van der Waals surface area contributed by atoms with Gasteiger partial charge >= 0.3 is 0 Å². The average Bonchev–Trinajstić information content (AvgIpc) is 2.12. The van der Waals surface area contributed by atoms with Gasteiger partial charge in [-0.3, -0.25) is 13.7 Å². The molecule has 12 heteroatoms. The van der Waals surface area contributed by atoms with Crippen LogP contribution in [0.5, 0.6) is 0 Å². The minimum atomic E-state index is -3.67. The summed E-state index contributed by atoms with van der Waals surface area (Å²) < 4.78 is 82.7. The first-order chi connectivity index (χ1) is 9.18. The van der Waals surface area contributed by atoms with Crippen LogP contribution in [-0.2, 0) is 30.4 Å². The summed E-state index contributed by atoms with van der Waals surface area (Å²) in [7, 11) is -11.0. The van der Waals surface area contributed by atoms with E-state index < -0.39 is 30.4 Å². The van der Waals surface area contributed by atoms with Crippen LogP contribution in [0, 0.1) is 0 Å². The van der Waals surface area contributed by atoms with Crippen LogP contribution in [0.3, 0.4) is 0 Å². The maximum atomic E-state index is 9.79. The Hall–Kier alpha value is -0.270. The maximum Gasteiger partial charge on any atom is 0.264 e. The Kier molecular flexibility index (Phi) is 19.3. The fourth-order valence-electron chi connectivity index (χ4n) is 0.774. The van der Waals surface area contributed by atoms with Gasteiger partial charge in [0.2, 0.25) is 0 Å². The second-order valence-corrected chi connectivity index (χ2v) is 8.57. The highest BCUT2D eigenvalue weighted by molar-refractivity contribution is 7.86. The molecule has 0 aromatic rings. The molecule has 140 valence electrons. The van der Waals surface area contributed by atoms with E-state index in [0.717, 1.165) is 0 Å². The van der Waals surface area contributed by atoms with Gasteiger partial charge in [-0.05, 0) is 19.3 Å². The molecule has 0 aliphatic heterocycles. The van der Waals surface area contributed by atoms with Gasteiger partial charge in [-0.15, -0.1) is 0 Å². The van der Waals surface area contributed by atoms with Crippen LogP contribution in [0.4, 0.5) is 0 Å². The summed E-state index contributed by atoms with van der Waals surface area (Å²) in [6.45, 7) is 5.06. The molecule has 0 aliphatic carbocycles. The predicted octanol–water partition coefficient (Wildman–Crippen LogP) is 1.49. The van der Waals surface area contributed by atoms with Crippen LogP contribution >= 0.6 is 0 Å². The van der Waals surface area contributed by atoms with E-state index in [1.54, 1.807) is 20.8 Å². The molecule has 0 aromatic heterocycles. The van der Waals surface area contributed by atoms with Crippen molar-refractivity contribution in [2.75, 3.05) is 17.3 Å². The van der Waals surface area contributed by atoms with Crippen LogP contribution in [0.1, 0.15) is 47.5 Å². The highest BCUT2D eigenvalue weighted by atomic mass is 32.2. The van der Waals surface area contributed by atoms with Crippen molar-refractivity contribution in [3.8, 4) is 0 Å². The molecule has 0 aromatic carbocycles. The Bertz CT molecular complexity index is 451. The van der Waals surface area contributed by atoms with Gasteiger partial charge in [-0.1, -0.05) is 28.2 Å². The number of hydrogen-bond acceptors (Lipinski definition) is 6. The smallest absolute Gasteiger partial charge is 0.264 e. The minimum Gasteiger partial charge on any atom is -0.286 e. The zero-order chi connectivity index (χ0) is 17.7. The van der Waals surface area contributed by atoms with Crippen molar-refractivity contribution in [3.05, 3.63) is 0 Å². The molecule has 0 radical (unpaired) electrons. The Balaban J connectivity index is -0.000000108. The summed E-state index contributed by atoms with van der Waals surface area (Å²) in [5, 5.41) is 0. The van der Waals surface area contributed by atoms with Crippen LogP contribution in [-0.4, -0.2) is 56.2 Å². The molecule has 0 unspecified atom stereocenters. The summed E-state index contributed by atoms with van der Waals surface area (Å²) in [5.41, 5.74) is 0. The van der Waals surface area contributed by atoms with E-state index in [1.165, 1.54) is 0 Å². The van der Waals surface area contributed by atoms with Gasteiger partial charge in [0.25, 0.3) is 30.4 Å². The van der Waals surface area contributed by atoms with Gasteiger partial charge in [0.15, 0.2) is 0 Å². The van der Waals surface area contributed by atoms with Crippen LogP contribution in [0.25, 0.3) is 0 Å². The number of hydrogen-bond donors (Lipinski definition) is 3. The van der Waals surface area contributed by atoms with E-state index in [9.17, 15) is 25.3 Å². The Morgan fingerprint density at radius 1 is 0.545 bits per heavy atom. The summed E-state index contributed by atoms with van der Waals surface area (Å²) in [5.74, 6) is -0.396. The fraction of sp³-hybridized carbons (Fsp3) is 1.00. The second kappa shape index (κ2) is 14.3. The Morgan fingerprint density at radius 3 is 0.682 bits per heavy atom. The normalized spacial score (nSPS) is 11.2. The summed E-state index contributed by atoms with van der Waals surface area (Å²) in [6.07, 6.45) is 1.41. The first-order valence-corrected chi connectivity index (χ1v) is 10.9. The average molecular weight is 389 g/mol. The molecular weight excluding hydrogens is 360 g/mol. The van der Waals surface area contributed by atoms with Gasteiger partial charge in [0.1, 0.15) is 0 Å². The van der Waals surface area contributed by atoms with Gasteiger partial charge in [-0.2, -0.15) is 25.3 Å². The van der Waals surface area contributed by atoms with Crippen molar-refractivity contribution in [3.63, 3.8) is 0 Å². The molecule has 0 saturated carbocycles. The third kappa shape index (κ3) is 50.3. The molecule has 0 atom stereocenters. The van der Waals surface area contributed by atoms with Gasteiger partial charge in [-0.25, -0.2) is 0 Å². The van der Waals surface area contributed by atoms with Crippen molar-refractivity contribution < 1.29 is 38.9 Å². The van der Waals surface area contributed by atoms with E-state index >= 15 is 0 Å². The molecule has 0 bridgehead atoms. The van der Waals surface area contributed by atoms with Gasteiger partial charge in [0, 0.05) is 0 Å². The lowest BCUT2D eigenvalue weighted by atomic mass is 10.6. The third-order valence-electron chi connectivity index (χ3n) is 1.39.